The molecule has 1 fully saturated rings. The van der Waals surface area contributed by atoms with E-state index in [1.54, 1.807) is 6.07 Å². The molecule has 1 aliphatic rings. The smallest absolute Gasteiger partial charge is 0.250 e. The van der Waals surface area contributed by atoms with Crippen LogP contribution in [0.15, 0.2) is 23.1 Å². The van der Waals surface area contributed by atoms with Crippen LogP contribution in [0.1, 0.15) is 38.2 Å². The summed E-state index contributed by atoms with van der Waals surface area (Å²) in [6, 6.07) is 3.83. The molecule has 1 aromatic heterocycles. The van der Waals surface area contributed by atoms with E-state index in [1.165, 1.54) is 12.8 Å². The highest BCUT2D eigenvalue weighted by molar-refractivity contribution is 5.14. The highest BCUT2D eigenvalue weighted by atomic mass is 16.1. The van der Waals surface area contributed by atoms with Crippen molar-refractivity contribution in [2.45, 2.75) is 39.2 Å². The van der Waals surface area contributed by atoms with Gasteiger partial charge in [0.1, 0.15) is 0 Å². The second-order valence-corrected chi connectivity index (χ2v) is 4.55. The van der Waals surface area contributed by atoms with Crippen LogP contribution in [0.3, 0.4) is 0 Å². The van der Waals surface area contributed by atoms with Crippen LogP contribution in [0.5, 0.6) is 0 Å². The third-order valence-electron chi connectivity index (χ3n) is 2.84. The molecule has 0 aliphatic heterocycles. The summed E-state index contributed by atoms with van der Waals surface area (Å²) >= 11 is 0. The Balaban J connectivity index is 2.21. The van der Waals surface area contributed by atoms with Crippen molar-refractivity contribution in [2.24, 2.45) is 5.92 Å². The molecule has 76 valence electrons. The van der Waals surface area contributed by atoms with Gasteiger partial charge in [0, 0.05) is 18.8 Å². The number of hydrogen-bond donors (Lipinski definition) is 0. The molecule has 0 bridgehead atoms. The summed E-state index contributed by atoms with van der Waals surface area (Å²) in [6.07, 6.45) is 4.52. The molecule has 0 atom stereocenters. The maximum Gasteiger partial charge on any atom is 0.250 e. The van der Waals surface area contributed by atoms with Crippen molar-refractivity contribution < 1.29 is 0 Å². The van der Waals surface area contributed by atoms with E-state index >= 15 is 0 Å². The Bertz CT molecular complexity index is 374. The fourth-order valence-electron chi connectivity index (χ4n) is 1.61. The Morgan fingerprint density at radius 2 is 2.21 bits per heavy atom. The third kappa shape index (κ3) is 2.06. The first-order chi connectivity index (χ1) is 6.66. The standard InChI is InChI=1S/C12H17NO/c1-9(2)11-5-6-13(12(14)7-11)8-10-3-4-10/h5-7,9-10H,3-4,8H2,1-2H3. The quantitative estimate of drug-likeness (QED) is 0.719. The highest BCUT2D eigenvalue weighted by Crippen LogP contribution is 2.30. The largest absolute Gasteiger partial charge is 0.315 e. The summed E-state index contributed by atoms with van der Waals surface area (Å²) in [5, 5.41) is 0. The number of pyridine rings is 1. The van der Waals surface area contributed by atoms with Gasteiger partial charge in [0.25, 0.3) is 5.56 Å². The molecule has 2 rings (SSSR count). The Morgan fingerprint density at radius 3 is 2.71 bits per heavy atom. The Morgan fingerprint density at radius 1 is 1.50 bits per heavy atom. The molecule has 0 unspecified atom stereocenters. The Hall–Kier alpha value is -1.05. The Labute approximate surface area is 84.6 Å². The lowest BCUT2D eigenvalue weighted by Crippen LogP contribution is -2.20. The zero-order chi connectivity index (χ0) is 10.1. The molecule has 0 aromatic carbocycles. The molecule has 2 nitrogen and oxygen atoms in total. The fraction of sp³-hybridized carbons (Fsp3) is 0.583. The van der Waals surface area contributed by atoms with Gasteiger partial charge < -0.3 is 4.57 Å². The van der Waals surface area contributed by atoms with Crippen molar-refractivity contribution in [1.82, 2.24) is 4.57 Å². The molecule has 1 aromatic rings. The van der Waals surface area contributed by atoms with Crippen LogP contribution in [0.4, 0.5) is 0 Å². The molecule has 0 saturated heterocycles. The molecular formula is C12H17NO. The molecule has 0 spiro atoms. The van der Waals surface area contributed by atoms with Crippen molar-refractivity contribution in [3.63, 3.8) is 0 Å². The van der Waals surface area contributed by atoms with E-state index in [1.807, 2.05) is 10.8 Å². The number of hydrogen-bond acceptors (Lipinski definition) is 1. The van der Waals surface area contributed by atoms with Crippen LogP contribution in [-0.2, 0) is 6.54 Å². The first-order valence-corrected chi connectivity index (χ1v) is 5.37. The van der Waals surface area contributed by atoms with Gasteiger partial charge in [-0.1, -0.05) is 13.8 Å². The average molecular weight is 191 g/mol. The summed E-state index contributed by atoms with van der Waals surface area (Å²) in [7, 11) is 0. The van der Waals surface area contributed by atoms with Crippen molar-refractivity contribution in [1.29, 1.82) is 0 Å². The zero-order valence-electron chi connectivity index (χ0n) is 8.86. The summed E-state index contributed by atoms with van der Waals surface area (Å²) in [5.41, 5.74) is 1.30. The molecule has 0 radical (unpaired) electrons. The molecule has 0 amide bonds. The minimum absolute atomic E-state index is 0.156. The van der Waals surface area contributed by atoms with E-state index in [-0.39, 0.29) is 5.56 Å². The van der Waals surface area contributed by atoms with E-state index in [0.29, 0.717) is 5.92 Å². The monoisotopic (exact) mass is 191 g/mol. The van der Waals surface area contributed by atoms with Gasteiger partial charge in [-0.2, -0.15) is 0 Å². The van der Waals surface area contributed by atoms with Gasteiger partial charge >= 0.3 is 0 Å². The molecular weight excluding hydrogens is 174 g/mol. The normalized spacial score (nSPS) is 16.2. The lowest BCUT2D eigenvalue weighted by Gasteiger charge is -2.08. The SMILES string of the molecule is CC(C)c1ccn(CC2CC2)c(=O)c1. The van der Waals surface area contributed by atoms with E-state index in [2.05, 4.69) is 19.9 Å². The van der Waals surface area contributed by atoms with Gasteiger partial charge in [-0.05, 0) is 36.3 Å². The average Bonchev–Trinajstić information content (AvgIpc) is 2.92. The van der Waals surface area contributed by atoms with Crippen LogP contribution in [-0.4, -0.2) is 4.57 Å². The van der Waals surface area contributed by atoms with Crippen molar-refractivity contribution in [2.75, 3.05) is 0 Å². The first-order valence-electron chi connectivity index (χ1n) is 5.37. The highest BCUT2D eigenvalue weighted by Gasteiger charge is 2.21. The molecule has 14 heavy (non-hydrogen) atoms. The van der Waals surface area contributed by atoms with Crippen LogP contribution in [0, 0.1) is 5.92 Å². The predicted octanol–water partition coefficient (Wildman–Crippen LogP) is 2.38. The van der Waals surface area contributed by atoms with Crippen molar-refractivity contribution >= 4 is 0 Å². The van der Waals surface area contributed by atoms with Gasteiger partial charge in [0.05, 0.1) is 0 Å². The van der Waals surface area contributed by atoms with Gasteiger partial charge in [0.2, 0.25) is 0 Å². The summed E-state index contributed by atoms with van der Waals surface area (Å²) in [4.78, 5) is 11.7. The van der Waals surface area contributed by atoms with Gasteiger partial charge in [-0.25, -0.2) is 0 Å². The van der Waals surface area contributed by atoms with Crippen molar-refractivity contribution in [3.05, 3.63) is 34.2 Å². The van der Waals surface area contributed by atoms with Gasteiger partial charge in [-0.15, -0.1) is 0 Å². The zero-order valence-corrected chi connectivity index (χ0v) is 8.86. The van der Waals surface area contributed by atoms with Gasteiger partial charge in [0.15, 0.2) is 0 Å². The summed E-state index contributed by atoms with van der Waals surface area (Å²) < 4.78 is 1.84. The topological polar surface area (TPSA) is 22.0 Å². The van der Waals surface area contributed by atoms with Gasteiger partial charge in [-0.3, -0.25) is 4.79 Å². The fourth-order valence-corrected chi connectivity index (χ4v) is 1.61. The minimum atomic E-state index is 0.156. The second-order valence-electron chi connectivity index (χ2n) is 4.55. The van der Waals surface area contributed by atoms with E-state index < -0.39 is 0 Å². The molecule has 2 heteroatoms. The van der Waals surface area contributed by atoms with Crippen LogP contribution < -0.4 is 5.56 Å². The first kappa shape index (κ1) is 9.50. The number of aromatic nitrogens is 1. The molecule has 1 aliphatic carbocycles. The number of rotatable bonds is 3. The van der Waals surface area contributed by atoms with E-state index in [9.17, 15) is 4.79 Å². The molecule has 1 heterocycles. The summed E-state index contributed by atoms with van der Waals surface area (Å²) in [6.45, 7) is 5.14. The maximum absolute atomic E-state index is 11.7. The third-order valence-corrected chi connectivity index (χ3v) is 2.84. The van der Waals surface area contributed by atoms with Crippen LogP contribution >= 0.6 is 0 Å². The molecule has 0 N–H and O–H groups in total. The van der Waals surface area contributed by atoms with Crippen LogP contribution in [0.25, 0.3) is 0 Å². The van der Waals surface area contributed by atoms with E-state index in [0.717, 1.165) is 18.0 Å². The predicted molar refractivity (Wildman–Crippen MR) is 57.5 cm³/mol. The molecule has 1 saturated carbocycles. The lowest BCUT2D eigenvalue weighted by atomic mass is 10.1. The van der Waals surface area contributed by atoms with E-state index in [4.69, 9.17) is 0 Å². The lowest BCUT2D eigenvalue weighted by molar-refractivity contribution is 0.604. The second kappa shape index (κ2) is 3.60. The number of nitrogens with zero attached hydrogens (tertiary/aromatic N) is 1. The maximum atomic E-state index is 11.7. The minimum Gasteiger partial charge on any atom is -0.315 e. The van der Waals surface area contributed by atoms with Crippen LogP contribution in [0.2, 0.25) is 0 Å². The Kier molecular flexibility index (Phi) is 2.44. The summed E-state index contributed by atoms with van der Waals surface area (Å²) in [5.74, 6) is 1.20. The van der Waals surface area contributed by atoms with Crippen molar-refractivity contribution in [3.8, 4) is 0 Å².